The Kier molecular flexibility index (Phi) is 5.61. The summed E-state index contributed by atoms with van der Waals surface area (Å²) in [6, 6.07) is 15.4. The Morgan fingerprint density at radius 2 is 1.60 bits per heavy atom. The van der Waals surface area contributed by atoms with E-state index in [1.54, 1.807) is 15.9 Å². The molecule has 1 saturated heterocycles. The van der Waals surface area contributed by atoms with Crippen LogP contribution in [0.3, 0.4) is 0 Å². The van der Waals surface area contributed by atoms with E-state index < -0.39 is 10.0 Å². The van der Waals surface area contributed by atoms with Gasteiger partial charge in [0.05, 0.1) is 17.1 Å². The third kappa shape index (κ3) is 3.73. The van der Waals surface area contributed by atoms with Gasteiger partial charge in [-0.25, -0.2) is 13.1 Å². The predicted molar refractivity (Wildman–Crippen MR) is 120 cm³/mol. The Balaban J connectivity index is 1.59. The molecule has 1 fully saturated rings. The third-order valence-corrected chi connectivity index (χ3v) is 7.96. The zero-order valence-corrected chi connectivity index (χ0v) is 18.9. The lowest BCUT2D eigenvalue weighted by Crippen LogP contribution is -2.49. The van der Waals surface area contributed by atoms with E-state index in [2.05, 4.69) is 10.00 Å². The standard InChI is InChI=1S/C22H25ClN4O2S/c1-16-9-10-19(23)15-21(16)25-11-13-26(14-12-25)30(28,29)22-17(2)24-27(18(22)3)20-7-5-4-6-8-20/h4-10,15H,11-14H2,1-3H3. The molecule has 1 aliphatic heterocycles. The topological polar surface area (TPSA) is 58.4 Å². The number of para-hydroxylation sites is 1. The van der Waals surface area contributed by atoms with Crippen LogP contribution in [0.4, 0.5) is 5.69 Å². The van der Waals surface area contributed by atoms with Crippen molar-refractivity contribution >= 4 is 27.3 Å². The summed E-state index contributed by atoms with van der Waals surface area (Å²) in [5, 5.41) is 5.20. The highest BCUT2D eigenvalue weighted by atomic mass is 35.5. The molecule has 3 aromatic rings. The fourth-order valence-corrected chi connectivity index (χ4v) is 5.99. The number of aryl methyl sites for hydroxylation is 2. The van der Waals surface area contributed by atoms with Crippen molar-refractivity contribution in [2.24, 2.45) is 0 Å². The van der Waals surface area contributed by atoms with Gasteiger partial charge in [0.1, 0.15) is 4.90 Å². The van der Waals surface area contributed by atoms with E-state index in [0.29, 0.717) is 47.5 Å². The summed E-state index contributed by atoms with van der Waals surface area (Å²) in [6.07, 6.45) is 0. The molecule has 0 amide bonds. The largest absolute Gasteiger partial charge is 0.369 e. The van der Waals surface area contributed by atoms with Gasteiger partial charge in [-0.05, 0) is 50.6 Å². The molecule has 2 heterocycles. The van der Waals surface area contributed by atoms with E-state index in [1.165, 1.54) is 0 Å². The minimum absolute atomic E-state index is 0.304. The van der Waals surface area contributed by atoms with E-state index >= 15 is 0 Å². The minimum Gasteiger partial charge on any atom is -0.369 e. The summed E-state index contributed by atoms with van der Waals surface area (Å²) < 4.78 is 30.2. The van der Waals surface area contributed by atoms with Gasteiger partial charge in [-0.3, -0.25) is 0 Å². The summed E-state index contributed by atoms with van der Waals surface area (Å²) in [7, 11) is -3.64. The Morgan fingerprint density at radius 1 is 0.933 bits per heavy atom. The van der Waals surface area contributed by atoms with Crippen molar-refractivity contribution in [3.8, 4) is 5.69 Å². The van der Waals surface area contributed by atoms with Crippen molar-refractivity contribution in [1.29, 1.82) is 0 Å². The zero-order chi connectivity index (χ0) is 21.5. The van der Waals surface area contributed by atoms with Gasteiger partial charge < -0.3 is 4.90 Å². The smallest absolute Gasteiger partial charge is 0.246 e. The van der Waals surface area contributed by atoms with Crippen LogP contribution in [0.15, 0.2) is 53.4 Å². The first-order valence-electron chi connectivity index (χ1n) is 9.92. The summed E-state index contributed by atoms with van der Waals surface area (Å²) in [6.45, 7) is 7.68. The molecule has 0 unspecified atom stereocenters. The molecule has 0 radical (unpaired) electrons. The molecular formula is C22H25ClN4O2S. The van der Waals surface area contributed by atoms with E-state index in [0.717, 1.165) is 16.9 Å². The molecule has 30 heavy (non-hydrogen) atoms. The van der Waals surface area contributed by atoms with Crippen LogP contribution < -0.4 is 4.90 Å². The summed E-state index contributed by atoms with van der Waals surface area (Å²) >= 11 is 6.16. The molecule has 8 heteroatoms. The number of halogens is 1. The maximum Gasteiger partial charge on any atom is 0.246 e. The van der Waals surface area contributed by atoms with Crippen molar-refractivity contribution < 1.29 is 8.42 Å². The second-order valence-electron chi connectivity index (χ2n) is 7.57. The normalized spacial score (nSPS) is 15.5. The summed E-state index contributed by atoms with van der Waals surface area (Å²) in [4.78, 5) is 2.50. The average molecular weight is 445 g/mol. The first-order valence-corrected chi connectivity index (χ1v) is 11.7. The molecule has 2 aromatic carbocycles. The van der Waals surface area contributed by atoms with Gasteiger partial charge in [0.25, 0.3) is 0 Å². The highest BCUT2D eigenvalue weighted by molar-refractivity contribution is 7.89. The quantitative estimate of drug-likeness (QED) is 0.611. The van der Waals surface area contributed by atoms with Crippen molar-refractivity contribution in [1.82, 2.24) is 14.1 Å². The van der Waals surface area contributed by atoms with E-state index in [1.807, 2.05) is 62.4 Å². The van der Waals surface area contributed by atoms with Gasteiger partial charge in [0.2, 0.25) is 10.0 Å². The lowest BCUT2D eigenvalue weighted by atomic mass is 10.1. The van der Waals surface area contributed by atoms with Crippen LogP contribution in [0.2, 0.25) is 5.02 Å². The second-order valence-corrected chi connectivity index (χ2v) is 9.88. The number of hydrogen-bond donors (Lipinski definition) is 0. The number of sulfonamides is 1. The predicted octanol–water partition coefficient (Wildman–Crippen LogP) is 3.96. The summed E-state index contributed by atoms with van der Waals surface area (Å²) in [5.74, 6) is 0. The Labute approximate surface area is 182 Å². The number of anilines is 1. The zero-order valence-electron chi connectivity index (χ0n) is 17.3. The van der Waals surface area contributed by atoms with Gasteiger partial charge in [-0.15, -0.1) is 0 Å². The summed E-state index contributed by atoms with van der Waals surface area (Å²) in [5.41, 5.74) is 4.19. The number of nitrogens with zero attached hydrogens (tertiary/aromatic N) is 4. The van der Waals surface area contributed by atoms with Crippen LogP contribution in [0.1, 0.15) is 17.0 Å². The van der Waals surface area contributed by atoms with Gasteiger partial charge >= 0.3 is 0 Å². The Morgan fingerprint density at radius 3 is 2.27 bits per heavy atom. The first kappa shape index (κ1) is 20.9. The maximum atomic E-state index is 13.5. The number of hydrogen-bond acceptors (Lipinski definition) is 4. The molecule has 0 bridgehead atoms. The molecule has 0 atom stereocenters. The molecule has 0 aliphatic carbocycles. The van der Waals surface area contributed by atoms with Gasteiger partial charge in [-0.1, -0.05) is 35.9 Å². The van der Waals surface area contributed by atoms with Crippen LogP contribution in [0, 0.1) is 20.8 Å². The van der Waals surface area contributed by atoms with E-state index in [4.69, 9.17) is 11.6 Å². The SMILES string of the molecule is Cc1ccc(Cl)cc1N1CCN(S(=O)(=O)c2c(C)nn(-c3ccccc3)c2C)CC1. The van der Waals surface area contributed by atoms with Gasteiger partial charge in [0.15, 0.2) is 0 Å². The first-order chi connectivity index (χ1) is 14.3. The molecular weight excluding hydrogens is 420 g/mol. The highest BCUT2D eigenvalue weighted by Crippen LogP contribution is 2.29. The second kappa shape index (κ2) is 8.06. The molecule has 1 aromatic heterocycles. The fraction of sp³-hybridized carbons (Fsp3) is 0.318. The van der Waals surface area contributed by atoms with Crippen LogP contribution in [0.5, 0.6) is 0 Å². The highest BCUT2D eigenvalue weighted by Gasteiger charge is 2.33. The van der Waals surface area contributed by atoms with Crippen molar-refractivity contribution in [2.75, 3.05) is 31.1 Å². The monoisotopic (exact) mass is 444 g/mol. The molecule has 6 nitrogen and oxygen atoms in total. The minimum atomic E-state index is -3.64. The van der Waals surface area contributed by atoms with Crippen molar-refractivity contribution in [3.05, 3.63) is 70.5 Å². The molecule has 0 N–H and O–H groups in total. The lowest BCUT2D eigenvalue weighted by Gasteiger charge is -2.36. The molecule has 4 rings (SSSR count). The van der Waals surface area contributed by atoms with Crippen molar-refractivity contribution in [3.63, 3.8) is 0 Å². The maximum absolute atomic E-state index is 13.5. The van der Waals surface area contributed by atoms with Crippen LogP contribution in [-0.4, -0.2) is 48.7 Å². The van der Waals surface area contributed by atoms with Crippen LogP contribution in [0.25, 0.3) is 5.69 Å². The third-order valence-electron chi connectivity index (χ3n) is 5.57. The van der Waals surface area contributed by atoms with Crippen molar-refractivity contribution in [2.45, 2.75) is 25.7 Å². The van der Waals surface area contributed by atoms with Gasteiger partial charge in [0, 0.05) is 36.9 Å². The Bertz CT molecular complexity index is 1170. The molecule has 0 saturated carbocycles. The van der Waals surface area contributed by atoms with E-state index in [-0.39, 0.29) is 0 Å². The fourth-order valence-electron chi connectivity index (χ4n) is 4.04. The molecule has 1 aliphatic rings. The van der Waals surface area contributed by atoms with E-state index in [9.17, 15) is 8.42 Å². The number of benzene rings is 2. The number of aromatic nitrogens is 2. The molecule has 0 spiro atoms. The average Bonchev–Trinajstić information content (AvgIpc) is 3.05. The Hall–Kier alpha value is -2.35. The molecule has 158 valence electrons. The van der Waals surface area contributed by atoms with Gasteiger partial charge in [-0.2, -0.15) is 9.40 Å². The van der Waals surface area contributed by atoms with Crippen LogP contribution >= 0.6 is 11.6 Å². The number of piperazine rings is 1. The van der Waals surface area contributed by atoms with Crippen LogP contribution in [-0.2, 0) is 10.0 Å². The number of rotatable bonds is 4. The lowest BCUT2D eigenvalue weighted by molar-refractivity contribution is 0.384.